The van der Waals surface area contributed by atoms with Gasteiger partial charge in [-0.25, -0.2) is 14.1 Å². The van der Waals surface area contributed by atoms with E-state index in [1.165, 1.54) is 17.8 Å². The van der Waals surface area contributed by atoms with Crippen molar-refractivity contribution in [3.8, 4) is 5.75 Å². The molecule has 1 aliphatic carbocycles. The fourth-order valence-corrected chi connectivity index (χ4v) is 7.25. The van der Waals surface area contributed by atoms with Crippen LogP contribution in [0.15, 0.2) is 48.8 Å². The summed E-state index contributed by atoms with van der Waals surface area (Å²) >= 11 is 0. The minimum absolute atomic E-state index is 0.227. The number of aromatic nitrogens is 3. The van der Waals surface area contributed by atoms with Gasteiger partial charge in [0.25, 0.3) is 0 Å². The number of hydrogen-bond acceptors (Lipinski definition) is 11. The molecule has 3 heterocycles. The van der Waals surface area contributed by atoms with Gasteiger partial charge in [0.2, 0.25) is 0 Å². The highest BCUT2D eigenvalue weighted by molar-refractivity contribution is 7.52. The van der Waals surface area contributed by atoms with Crippen LogP contribution >= 0.6 is 7.75 Å². The number of carbonyl (C=O) groups excluding carboxylic acids is 1. The largest absolute Gasteiger partial charge is 0.464 e. The van der Waals surface area contributed by atoms with Gasteiger partial charge in [-0.2, -0.15) is 10.2 Å². The maximum atomic E-state index is 14.4. The number of nitrogen functional groups attached to an aromatic ring is 1. The molecular weight excluding hydrogens is 577 g/mol. The Hall–Kier alpha value is -3.06. The van der Waals surface area contributed by atoms with Gasteiger partial charge in [-0.1, -0.05) is 44.9 Å². The number of fused-ring (bicyclic) bond motifs is 1. The summed E-state index contributed by atoms with van der Waals surface area (Å²) < 4.78 is 39.5. The highest BCUT2D eigenvalue weighted by Crippen LogP contribution is 2.52. The number of anilines is 1. The highest BCUT2D eigenvalue weighted by atomic mass is 31.2. The van der Waals surface area contributed by atoms with Crippen molar-refractivity contribution in [3.63, 3.8) is 0 Å². The number of rotatable bonds is 13. The van der Waals surface area contributed by atoms with Crippen LogP contribution < -0.4 is 15.3 Å². The normalized spacial score (nSPS) is 26.2. The lowest BCUT2D eigenvalue weighted by molar-refractivity contribution is -0.156. The first-order chi connectivity index (χ1) is 20.5. The van der Waals surface area contributed by atoms with Crippen molar-refractivity contribution in [1.29, 1.82) is 0 Å². The summed E-state index contributed by atoms with van der Waals surface area (Å²) in [6.07, 6.45) is 0.713. The number of carbonyl (C=O) groups is 1. The van der Waals surface area contributed by atoms with Crippen molar-refractivity contribution in [2.24, 2.45) is 5.92 Å². The van der Waals surface area contributed by atoms with Gasteiger partial charge >= 0.3 is 13.7 Å². The Labute approximate surface area is 250 Å². The molecule has 5 rings (SSSR count). The van der Waals surface area contributed by atoms with Gasteiger partial charge in [-0.15, -0.1) is 0 Å². The second-order valence-corrected chi connectivity index (χ2v) is 13.2. The maximum Gasteiger partial charge on any atom is 0.459 e. The number of nitrogens with one attached hydrogen (secondary N) is 1. The molecule has 0 radical (unpaired) electrons. The fourth-order valence-electron chi connectivity index (χ4n) is 5.42. The number of nitrogens with zero attached hydrogens (tertiary/aromatic N) is 3. The Kier molecular flexibility index (Phi) is 9.12. The van der Waals surface area contributed by atoms with Crippen LogP contribution in [-0.2, 0) is 23.4 Å². The zero-order valence-electron chi connectivity index (χ0n) is 24.6. The van der Waals surface area contributed by atoms with Gasteiger partial charge < -0.3 is 29.9 Å². The molecule has 1 saturated carbocycles. The molecule has 2 fully saturated rings. The number of esters is 1. The number of hydrogen-bond donors (Lipinski definition) is 4. The number of aliphatic hydroxyl groups excluding tert-OH is 2. The summed E-state index contributed by atoms with van der Waals surface area (Å²) in [5.74, 6) is 0.219. The lowest BCUT2D eigenvalue weighted by atomic mass is 9.78. The third-order valence-corrected chi connectivity index (χ3v) is 10.1. The van der Waals surface area contributed by atoms with Gasteiger partial charge in [-0.3, -0.25) is 9.32 Å². The van der Waals surface area contributed by atoms with Gasteiger partial charge in [0.15, 0.2) is 5.82 Å². The van der Waals surface area contributed by atoms with E-state index in [2.05, 4.69) is 15.2 Å². The summed E-state index contributed by atoms with van der Waals surface area (Å²) in [6, 6.07) is 11.8. The van der Waals surface area contributed by atoms with Gasteiger partial charge in [0.1, 0.15) is 47.0 Å². The second kappa shape index (κ2) is 12.5. The van der Waals surface area contributed by atoms with Crippen LogP contribution in [0.5, 0.6) is 5.75 Å². The molecule has 2 aliphatic rings. The second-order valence-electron chi connectivity index (χ2n) is 11.5. The third-order valence-electron chi connectivity index (χ3n) is 8.50. The highest BCUT2D eigenvalue weighted by Gasteiger charge is 2.56. The molecule has 0 amide bonds. The zero-order valence-corrected chi connectivity index (χ0v) is 25.5. The van der Waals surface area contributed by atoms with Crippen molar-refractivity contribution < 1.29 is 38.1 Å². The summed E-state index contributed by atoms with van der Waals surface area (Å²) in [5.41, 5.74) is 4.13. The maximum absolute atomic E-state index is 14.4. The summed E-state index contributed by atoms with van der Waals surface area (Å²) in [7, 11) is -4.28. The van der Waals surface area contributed by atoms with Crippen LogP contribution in [0.1, 0.15) is 64.7 Å². The van der Waals surface area contributed by atoms with E-state index in [0.29, 0.717) is 24.1 Å². The molecule has 234 valence electrons. The summed E-state index contributed by atoms with van der Waals surface area (Å²) in [4.78, 5) is 17.3. The van der Waals surface area contributed by atoms with Gasteiger partial charge in [0.05, 0.1) is 18.9 Å². The van der Waals surface area contributed by atoms with Gasteiger partial charge in [-0.05, 0) is 56.4 Å². The minimum atomic E-state index is -4.28. The standard InChI is InChI=1S/C29H40N5O8P/c1-4-19(5-2)16-39-27(37)29(14-9-15-29)33-43(38,42-20-10-7-6-8-11-20)40-17-28(3)25(36)23(35)24(41-28)21-12-13-22-26(30)31-18-32-34(21)22/h6-8,10-13,18-19,23-25,35-36H,4-5,9,14-17H2,1-3H3,(H,33,38)(H2,30,31,32)/t23-,24-,25-,28+,43?/m0/s1. The Balaban J connectivity index is 1.36. The van der Waals surface area contributed by atoms with Crippen molar-refractivity contribution in [1.82, 2.24) is 19.7 Å². The van der Waals surface area contributed by atoms with E-state index in [1.54, 1.807) is 42.5 Å². The van der Waals surface area contributed by atoms with Gasteiger partial charge in [0, 0.05) is 0 Å². The molecule has 5 atom stereocenters. The summed E-state index contributed by atoms with van der Waals surface area (Å²) in [6.45, 7) is 5.44. The number of para-hydroxylation sites is 1. The molecule has 13 nitrogen and oxygen atoms in total. The van der Waals surface area contributed by atoms with E-state index in [1.807, 2.05) is 13.8 Å². The summed E-state index contributed by atoms with van der Waals surface area (Å²) in [5, 5.41) is 29.2. The molecule has 1 saturated heterocycles. The lowest BCUT2D eigenvalue weighted by Crippen LogP contribution is -2.57. The van der Waals surface area contributed by atoms with E-state index in [4.69, 9.17) is 24.3 Å². The molecule has 1 unspecified atom stereocenters. The third kappa shape index (κ3) is 6.29. The van der Waals surface area contributed by atoms with Crippen LogP contribution in [0.4, 0.5) is 5.82 Å². The first-order valence-electron chi connectivity index (χ1n) is 14.6. The molecule has 2 aromatic heterocycles. The fraction of sp³-hybridized carbons (Fsp3) is 0.552. The molecular formula is C29H40N5O8P. The molecule has 43 heavy (non-hydrogen) atoms. The van der Waals surface area contributed by atoms with Crippen LogP contribution in [0.2, 0.25) is 0 Å². The molecule has 1 aromatic carbocycles. The first-order valence-corrected chi connectivity index (χ1v) is 16.2. The Bertz CT molecular complexity index is 1460. The predicted molar refractivity (Wildman–Crippen MR) is 157 cm³/mol. The monoisotopic (exact) mass is 617 g/mol. The van der Waals surface area contributed by atoms with Crippen LogP contribution in [0.25, 0.3) is 5.52 Å². The quantitative estimate of drug-likeness (QED) is 0.162. The number of nitrogens with two attached hydrogens (primary N) is 1. The topological polar surface area (TPSA) is 180 Å². The van der Waals surface area contributed by atoms with Crippen molar-refractivity contribution in [2.45, 2.75) is 82.3 Å². The Morgan fingerprint density at radius 1 is 1.21 bits per heavy atom. The van der Waals surface area contributed by atoms with Crippen LogP contribution in [0.3, 0.4) is 0 Å². The SMILES string of the molecule is CCC(CC)COC(=O)C1(NP(=O)(OC[C@@]2(C)O[C@@H](c3ccc4c(N)ncnn34)[C@H](O)[C@@H]2O)Oc2ccccc2)CCC1. The van der Waals surface area contributed by atoms with E-state index in [-0.39, 0.29) is 24.1 Å². The number of benzene rings is 1. The van der Waals surface area contributed by atoms with Crippen molar-refractivity contribution >= 4 is 25.1 Å². The minimum Gasteiger partial charge on any atom is -0.464 e. The molecule has 3 aromatic rings. The number of ether oxygens (including phenoxy) is 2. The smallest absolute Gasteiger partial charge is 0.459 e. The zero-order chi connectivity index (χ0) is 30.8. The molecule has 0 bridgehead atoms. The van der Waals surface area contributed by atoms with E-state index in [0.717, 1.165) is 19.3 Å². The Morgan fingerprint density at radius 3 is 2.58 bits per heavy atom. The Morgan fingerprint density at radius 2 is 1.93 bits per heavy atom. The molecule has 5 N–H and O–H groups in total. The molecule has 0 spiro atoms. The number of aliphatic hydroxyl groups is 2. The predicted octanol–water partition coefficient (Wildman–Crippen LogP) is 3.56. The van der Waals surface area contributed by atoms with E-state index in [9.17, 15) is 19.6 Å². The van der Waals surface area contributed by atoms with Crippen molar-refractivity contribution in [2.75, 3.05) is 18.9 Å². The molecule has 14 heteroatoms. The first kappa shape index (κ1) is 31.4. The lowest BCUT2D eigenvalue weighted by Gasteiger charge is -2.42. The average molecular weight is 618 g/mol. The van der Waals surface area contributed by atoms with Crippen LogP contribution in [-0.4, -0.2) is 67.3 Å². The molecule has 1 aliphatic heterocycles. The van der Waals surface area contributed by atoms with Crippen LogP contribution in [0, 0.1) is 5.92 Å². The van der Waals surface area contributed by atoms with E-state index >= 15 is 0 Å². The van der Waals surface area contributed by atoms with Crippen molar-refractivity contribution in [3.05, 3.63) is 54.5 Å². The average Bonchev–Trinajstić information content (AvgIpc) is 3.51. The van der Waals surface area contributed by atoms with E-state index < -0.39 is 49.8 Å².